The lowest BCUT2D eigenvalue weighted by atomic mass is 10.1. The maximum absolute atomic E-state index is 12.5. The highest BCUT2D eigenvalue weighted by atomic mass is 16.6. The normalized spacial score (nSPS) is 11.5. The first-order valence-corrected chi connectivity index (χ1v) is 8.73. The van der Waals surface area contributed by atoms with Crippen LogP contribution in [0, 0.1) is 25.2 Å². The maximum atomic E-state index is 12.5. The van der Waals surface area contributed by atoms with E-state index in [1.54, 1.807) is 7.05 Å². The highest BCUT2D eigenvalue weighted by Gasteiger charge is 2.21. The van der Waals surface area contributed by atoms with Gasteiger partial charge in [0.25, 0.3) is 0 Å². The Kier molecular flexibility index (Phi) is 5.65. The van der Waals surface area contributed by atoms with Gasteiger partial charge in [-0.3, -0.25) is 10.3 Å². The minimum Gasteiger partial charge on any atom is -0.440 e. The molecule has 1 atom stereocenters. The Labute approximate surface area is 162 Å². The first-order valence-electron chi connectivity index (χ1n) is 8.73. The van der Waals surface area contributed by atoms with E-state index in [1.807, 2.05) is 62.4 Å². The number of carbonyl (C=O) groups is 1. The predicted octanol–water partition coefficient (Wildman–Crippen LogP) is 3.70. The number of aryl methyl sites for hydroxylation is 3. The zero-order valence-electron chi connectivity index (χ0n) is 15.9. The van der Waals surface area contributed by atoms with E-state index < -0.39 is 12.2 Å². The average Bonchev–Trinajstić information content (AvgIpc) is 3.05. The molecule has 0 aliphatic heterocycles. The lowest BCUT2D eigenvalue weighted by molar-refractivity contribution is 0.113. The molecule has 0 aliphatic rings. The van der Waals surface area contributed by atoms with Crippen molar-refractivity contribution in [1.29, 1.82) is 5.26 Å². The van der Waals surface area contributed by atoms with Crippen molar-refractivity contribution in [2.45, 2.75) is 26.4 Å². The monoisotopic (exact) mass is 376 g/mol. The number of nitrogens with one attached hydrogen (secondary N) is 1. The van der Waals surface area contributed by atoms with Crippen molar-refractivity contribution in [2.24, 2.45) is 7.05 Å². The lowest BCUT2D eigenvalue weighted by Crippen LogP contribution is -2.19. The number of nitriles is 1. The topological polar surface area (TPSA) is 106 Å². The number of pyridine rings is 1. The average molecular weight is 376 g/mol. The molecule has 0 fully saturated rings. The van der Waals surface area contributed by atoms with Gasteiger partial charge in [0.2, 0.25) is 0 Å². The largest absolute Gasteiger partial charge is 0.440 e. The molecule has 3 rings (SSSR count). The van der Waals surface area contributed by atoms with Gasteiger partial charge >= 0.3 is 6.09 Å². The SMILES string of the molecule is Cc1ccc(-c2nnn(C)c2NC(=O)O[C@H](CC#N)c2ccccc2)nc1C. The summed E-state index contributed by atoms with van der Waals surface area (Å²) in [7, 11) is 1.66. The zero-order chi connectivity index (χ0) is 20.1. The van der Waals surface area contributed by atoms with Crippen molar-refractivity contribution < 1.29 is 9.53 Å². The number of aromatic nitrogens is 4. The molecule has 2 heterocycles. The molecular weight excluding hydrogens is 356 g/mol. The highest BCUT2D eigenvalue weighted by molar-refractivity contribution is 5.88. The standard InChI is InChI=1S/C20H20N6O2/c1-13-9-10-16(22-14(13)2)18-19(26(3)25-24-18)23-20(27)28-17(11-12-21)15-7-5-4-6-8-15/h4-10,17H,11H2,1-3H3,(H,23,27)/t17-/m1/s1. The van der Waals surface area contributed by atoms with E-state index in [0.29, 0.717) is 17.2 Å². The van der Waals surface area contributed by atoms with Crippen LogP contribution in [0.3, 0.4) is 0 Å². The van der Waals surface area contributed by atoms with Crippen LogP contribution in [0.4, 0.5) is 10.6 Å². The number of rotatable bonds is 5. The molecule has 8 nitrogen and oxygen atoms in total. The van der Waals surface area contributed by atoms with Gasteiger partial charge in [0.05, 0.1) is 18.2 Å². The van der Waals surface area contributed by atoms with E-state index >= 15 is 0 Å². The van der Waals surface area contributed by atoms with Crippen molar-refractivity contribution in [1.82, 2.24) is 20.0 Å². The Morgan fingerprint density at radius 3 is 2.68 bits per heavy atom. The quantitative estimate of drug-likeness (QED) is 0.728. The van der Waals surface area contributed by atoms with Crippen LogP contribution in [-0.2, 0) is 11.8 Å². The van der Waals surface area contributed by atoms with Gasteiger partial charge in [-0.1, -0.05) is 41.6 Å². The molecule has 2 aromatic heterocycles. The number of ether oxygens (including phenoxy) is 1. The van der Waals surface area contributed by atoms with E-state index in [9.17, 15) is 4.79 Å². The summed E-state index contributed by atoms with van der Waals surface area (Å²) in [4.78, 5) is 17.0. The molecule has 0 spiro atoms. The van der Waals surface area contributed by atoms with Gasteiger partial charge in [0.15, 0.2) is 11.5 Å². The van der Waals surface area contributed by atoms with E-state index in [1.165, 1.54) is 4.68 Å². The number of anilines is 1. The second kappa shape index (κ2) is 8.31. The van der Waals surface area contributed by atoms with Crippen LogP contribution >= 0.6 is 0 Å². The van der Waals surface area contributed by atoms with Crippen molar-refractivity contribution in [3.05, 3.63) is 59.3 Å². The summed E-state index contributed by atoms with van der Waals surface area (Å²) >= 11 is 0. The molecular formula is C20H20N6O2. The van der Waals surface area contributed by atoms with Crippen molar-refractivity contribution in [2.75, 3.05) is 5.32 Å². The van der Waals surface area contributed by atoms with Gasteiger partial charge in [-0.15, -0.1) is 5.10 Å². The number of carbonyl (C=O) groups excluding carboxylic acids is 1. The summed E-state index contributed by atoms with van der Waals surface area (Å²) in [6.07, 6.45) is -1.32. The molecule has 1 aromatic carbocycles. The van der Waals surface area contributed by atoms with Gasteiger partial charge in [-0.05, 0) is 31.0 Å². The number of amides is 1. The second-order valence-corrected chi connectivity index (χ2v) is 6.30. The Bertz CT molecular complexity index is 1020. The van der Waals surface area contributed by atoms with Gasteiger partial charge in [0, 0.05) is 12.7 Å². The fourth-order valence-corrected chi connectivity index (χ4v) is 2.67. The van der Waals surface area contributed by atoms with Crippen LogP contribution in [0.15, 0.2) is 42.5 Å². The lowest BCUT2D eigenvalue weighted by Gasteiger charge is -2.16. The van der Waals surface area contributed by atoms with E-state index in [0.717, 1.165) is 16.8 Å². The minimum absolute atomic E-state index is 0.0483. The fraction of sp³-hybridized carbons (Fsp3) is 0.250. The van der Waals surface area contributed by atoms with Crippen LogP contribution in [-0.4, -0.2) is 26.1 Å². The van der Waals surface area contributed by atoms with Crippen LogP contribution in [0.5, 0.6) is 0 Å². The van der Waals surface area contributed by atoms with Gasteiger partial charge in [0.1, 0.15) is 6.10 Å². The summed E-state index contributed by atoms with van der Waals surface area (Å²) in [6, 6.07) is 14.9. The first kappa shape index (κ1) is 19.0. The molecule has 142 valence electrons. The minimum atomic E-state index is -0.695. The molecule has 0 saturated carbocycles. The second-order valence-electron chi connectivity index (χ2n) is 6.30. The molecule has 1 N–H and O–H groups in total. The van der Waals surface area contributed by atoms with Gasteiger partial charge in [-0.25, -0.2) is 9.48 Å². The molecule has 0 aliphatic carbocycles. The molecule has 0 saturated heterocycles. The summed E-state index contributed by atoms with van der Waals surface area (Å²) in [5.41, 5.74) is 3.72. The van der Waals surface area contributed by atoms with E-state index in [2.05, 4.69) is 20.6 Å². The summed E-state index contributed by atoms with van der Waals surface area (Å²) in [6.45, 7) is 3.88. The van der Waals surface area contributed by atoms with Crippen molar-refractivity contribution in [3.8, 4) is 17.5 Å². The van der Waals surface area contributed by atoms with E-state index in [-0.39, 0.29) is 6.42 Å². The Morgan fingerprint density at radius 1 is 1.25 bits per heavy atom. The third kappa shape index (κ3) is 4.15. The number of hydrogen-bond acceptors (Lipinski definition) is 6. The Balaban J connectivity index is 1.81. The number of benzene rings is 1. The first-order chi connectivity index (χ1) is 13.5. The maximum Gasteiger partial charge on any atom is 0.413 e. The summed E-state index contributed by atoms with van der Waals surface area (Å²) in [5, 5.41) is 19.8. The third-order valence-corrected chi connectivity index (χ3v) is 4.34. The predicted molar refractivity (Wildman–Crippen MR) is 103 cm³/mol. The molecule has 1 amide bonds. The zero-order valence-corrected chi connectivity index (χ0v) is 15.9. The van der Waals surface area contributed by atoms with Crippen LogP contribution in [0.1, 0.15) is 29.3 Å². The van der Waals surface area contributed by atoms with E-state index in [4.69, 9.17) is 10.00 Å². The molecule has 8 heteroatoms. The molecule has 3 aromatic rings. The molecule has 0 unspecified atom stereocenters. The van der Waals surface area contributed by atoms with Gasteiger partial charge in [-0.2, -0.15) is 5.26 Å². The summed E-state index contributed by atoms with van der Waals surface area (Å²) < 4.78 is 6.92. The van der Waals surface area contributed by atoms with Crippen LogP contribution in [0.25, 0.3) is 11.4 Å². The van der Waals surface area contributed by atoms with Crippen molar-refractivity contribution in [3.63, 3.8) is 0 Å². The fourth-order valence-electron chi connectivity index (χ4n) is 2.67. The number of hydrogen-bond donors (Lipinski definition) is 1. The number of nitrogens with zero attached hydrogens (tertiary/aromatic N) is 5. The Morgan fingerprint density at radius 2 is 2.00 bits per heavy atom. The molecule has 0 bridgehead atoms. The van der Waals surface area contributed by atoms with Gasteiger partial charge < -0.3 is 4.74 Å². The Hall–Kier alpha value is -3.73. The summed E-state index contributed by atoms with van der Waals surface area (Å²) in [5.74, 6) is 0.365. The molecule has 28 heavy (non-hydrogen) atoms. The van der Waals surface area contributed by atoms with Crippen molar-refractivity contribution >= 4 is 11.9 Å². The van der Waals surface area contributed by atoms with Crippen LogP contribution < -0.4 is 5.32 Å². The highest BCUT2D eigenvalue weighted by Crippen LogP contribution is 2.26. The molecule has 0 radical (unpaired) electrons. The third-order valence-electron chi connectivity index (χ3n) is 4.34. The smallest absolute Gasteiger partial charge is 0.413 e. The van der Waals surface area contributed by atoms with Crippen LogP contribution in [0.2, 0.25) is 0 Å².